The van der Waals surface area contributed by atoms with Crippen LogP contribution in [0, 0.1) is 6.92 Å². The maximum atomic E-state index is 12.4. The van der Waals surface area contributed by atoms with Gasteiger partial charge in [0.2, 0.25) is 5.91 Å². The summed E-state index contributed by atoms with van der Waals surface area (Å²) >= 11 is 0. The summed E-state index contributed by atoms with van der Waals surface area (Å²) in [6.45, 7) is 4.72. The molecule has 2 rings (SSSR count). The van der Waals surface area contributed by atoms with Gasteiger partial charge in [0.1, 0.15) is 32.5 Å². The number of ether oxygens (including phenoxy) is 7. The van der Waals surface area contributed by atoms with Gasteiger partial charge >= 0.3 is 29.8 Å². The van der Waals surface area contributed by atoms with Gasteiger partial charge in [-0.3, -0.25) is 28.8 Å². The Hall–Kier alpha value is -4.04. The van der Waals surface area contributed by atoms with Crippen LogP contribution in [-0.4, -0.2) is 86.2 Å². The second kappa shape index (κ2) is 15.5. The average Bonchev–Trinajstić information content (AvgIpc) is 2.86. The third kappa shape index (κ3) is 11.0. The van der Waals surface area contributed by atoms with Gasteiger partial charge in [-0.1, -0.05) is 29.8 Å². The number of aryl methyl sites for hydroxylation is 1. The lowest BCUT2D eigenvalue weighted by molar-refractivity contribution is -0.306. The fraction of sp³-hybridized carbons (Fsp3) is 0.538. The van der Waals surface area contributed by atoms with Crippen molar-refractivity contribution in [2.75, 3.05) is 19.8 Å². The van der Waals surface area contributed by atoms with Gasteiger partial charge in [0, 0.05) is 27.7 Å². The quantitative estimate of drug-likeness (QED) is 0.269. The first-order valence-electron chi connectivity index (χ1n) is 12.3. The predicted molar refractivity (Wildman–Crippen MR) is 132 cm³/mol. The molecule has 14 heteroatoms. The zero-order valence-corrected chi connectivity index (χ0v) is 22.8. The van der Waals surface area contributed by atoms with Gasteiger partial charge < -0.3 is 38.5 Å². The summed E-state index contributed by atoms with van der Waals surface area (Å²) in [6.07, 6.45) is -7.04. The molecule has 0 saturated carbocycles. The first kappa shape index (κ1) is 32.2. The molecule has 1 amide bonds. The minimum absolute atomic E-state index is 0.0254. The summed E-state index contributed by atoms with van der Waals surface area (Å²) in [5.74, 6) is -4.54. The number of amides is 1. The van der Waals surface area contributed by atoms with Crippen LogP contribution in [0.15, 0.2) is 24.3 Å². The predicted octanol–water partition coefficient (Wildman–Crippen LogP) is 0.254. The fourth-order valence-electron chi connectivity index (χ4n) is 3.72. The highest BCUT2D eigenvalue weighted by molar-refractivity contribution is 5.82. The Bertz CT molecular complexity index is 1090. The van der Waals surface area contributed by atoms with Crippen molar-refractivity contribution in [3.05, 3.63) is 35.4 Å². The van der Waals surface area contributed by atoms with E-state index in [1.54, 1.807) is 6.07 Å². The van der Waals surface area contributed by atoms with E-state index in [-0.39, 0.29) is 6.61 Å². The van der Waals surface area contributed by atoms with Gasteiger partial charge in [0.25, 0.3) is 0 Å². The third-order valence-corrected chi connectivity index (χ3v) is 5.24. The van der Waals surface area contributed by atoms with E-state index < -0.39 is 86.2 Å². The minimum Gasteiger partial charge on any atom is -0.463 e. The van der Waals surface area contributed by atoms with E-state index in [0.717, 1.165) is 38.8 Å². The smallest absolute Gasteiger partial charge is 0.325 e. The Labute approximate surface area is 230 Å². The Morgan fingerprint density at radius 1 is 0.825 bits per heavy atom. The van der Waals surface area contributed by atoms with Crippen molar-refractivity contribution in [1.82, 2.24) is 5.32 Å². The molecule has 220 valence electrons. The number of esters is 5. The highest BCUT2D eigenvalue weighted by Gasteiger charge is 2.52. The van der Waals surface area contributed by atoms with Crippen molar-refractivity contribution in [3.8, 4) is 0 Å². The van der Waals surface area contributed by atoms with E-state index in [4.69, 9.17) is 33.2 Å². The SMILES string of the molecule is CC(=O)OCC1OC(OCC(=O)NCC(=O)OCc2cccc(C)c2)C(OC(C)=O)C(OC(C)=O)C1OC(C)=O. The van der Waals surface area contributed by atoms with Crippen molar-refractivity contribution in [2.24, 2.45) is 0 Å². The zero-order chi connectivity index (χ0) is 29.8. The molecule has 1 N–H and O–H groups in total. The molecule has 1 aromatic carbocycles. The van der Waals surface area contributed by atoms with Crippen molar-refractivity contribution in [3.63, 3.8) is 0 Å². The molecule has 1 fully saturated rings. The molecule has 1 aliphatic rings. The van der Waals surface area contributed by atoms with Gasteiger partial charge in [-0.15, -0.1) is 0 Å². The monoisotopic (exact) mass is 567 g/mol. The summed E-state index contributed by atoms with van der Waals surface area (Å²) in [7, 11) is 0. The maximum absolute atomic E-state index is 12.4. The topological polar surface area (TPSA) is 179 Å². The maximum Gasteiger partial charge on any atom is 0.325 e. The van der Waals surface area contributed by atoms with Gasteiger partial charge in [0.05, 0.1) is 0 Å². The zero-order valence-electron chi connectivity index (χ0n) is 22.8. The average molecular weight is 568 g/mol. The van der Waals surface area contributed by atoms with E-state index in [9.17, 15) is 28.8 Å². The molecule has 1 saturated heterocycles. The van der Waals surface area contributed by atoms with Gasteiger partial charge in [0.15, 0.2) is 24.6 Å². The van der Waals surface area contributed by atoms with Crippen LogP contribution >= 0.6 is 0 Å². The molecule has 5 atom stereocenters. The van der Waals surface area contributed by atoms with Gasteiger partial charge in [-0.05, 0) is 12.5 Å². The number of carbonyl (C=O) groups is 6. The number of benzene rings is 1. The largest absolute Gasteiger partial charge is 0.463 e. The molecule has 1 aromatic rings. The molecule has 5 unspecified atom stereocenters. The van der Waals surface area contributed by atoms with Crippen molar-refractivity contribution in [1.29, 1.82) is 0 Å². The van der Waals surface area contributed by atoms with Gasteiger partial charge in [-0.2, -0.15) is 0 Å². The molecule has 40 heavy (non-hydrogen) atoms. The van der Waals surface area contributed by atoms with E-state index in [1.165, 1.54) is 0 Å². The van der Waals surface area contributed by atoms with Crippen molar-refractivity contribution < 1.29 is 61.9 Å². The fourth-order valence-corrected chi connectivity index (χ4v) is 3.72. The third-order valence-electron chi connectivity index (χ3n) is 5.24. The molecule has 0 radical (unpaired) electrons. The molecular formula is C26H33NO13. The number of carbonyl (C=O) groups excluding carboxylic acids is 6. The lowest BCUT2D eigenvalue weighted by Crippen LogP contribution is -2.63. The number of hydrogen-bond donors (Lipinski definition) is 1. The molecule has 0 aliphatic carbocycles. The van der Waals surface area contributed by atoms with Crippen LogP contribution in [0.4, 0.5) is 0 Å². The van der Waals surface area contributed by atoms with E-state index in [0.29, 0.717) is 0 Å². The number of hydrogen-bond acceptors (Lipinski definition) is 13. The molecule has 0 aromatic heterocycles. The second-order valence-electron chi connectivity index (χ2n) is 8.81. The Morgan fingerprint density at radius 2 is 1.45 bits per heavy atom. The standard InChI is InChI=1S/C26H33NO13/c1-14-7-6-8-19(9-14)11-35-22(33)10-27-21(32)13-36-26-25(39-18(5)31)24(38-17(4)30)23(37-16(3)29)20(40-26)12-34-15(2)28/h6-9,20,23-26H,10-13H2,1-5H3,(H,27,32). The minimum atomic E-state index is -1.53. The highest BCUT2D eigenvalue weighted by Crippen LogP contribution is 2.30. The summed E-state index contributed by atoms with van der Waals surface area (Å²) in [6, 6.07) is 7.37. The Kier molecular flexibility index (Phi) is 12.5. The van der Waals surface area contributed by atoms with Crippen LogP contribution in [0.2, 0.25) is 0 Å². The summed E-state index contributed by atoms with van der Waals surface area (Å²) in [5, 5.41) is 2.33. The summed E-state index contributed by atoms with van der Waals surface area (Å²) in [5.41, 5.74) is 1.79. The Balaban J connectivity index is 2.07. The van der Waals surface area contributed by atoms with Crippen molar-refractivity contribution in [2.45, 2.75) is 71.9 Å². The molecule has 0 bridgehead atoms. The molecule has 1 aliphatic heterocycles. The highest BCUT2D eigenvalue weighted by atomic mass is 16.7. The lowest BCUT2D eigenvalue weighted by atomic mass is 9.98. The first-order valence-corrected chi connectivity index (χ1v) is 12.3. The van der Waals surface area contributed by atoms with Crippen molar-refractivity contribution >= 4 is 35.8 Å². The van der Waals surface area contributed by atoms with Crippen LogP contribution < -0.4 is 5.32 Å². The van der Waals surface area contributed by atoms with Crippen LogP contribution in [0.5, 0.6) is 0 Å². The van der Waals surface area contributed by atoms with Crippen LogP contribution in [-0.2, 0) is 68.5 Å². The van der Waals surface area contributed by atoms with Crippen LogP contribution in [0.1, 0.15) is 38.8 Å². The molecule has 0 spiro atoms. The first-order chi connectivity index (χ1) is 18.8. The number of rotatable bonds is 12. The van der Waals surface area contributed by atoms with Crippen LogP contribution in [0.3, 0.4) is 0 Å². The normalized spacial score (nSPS) is 21.9. The molecule has 14 nitrogen and oxygen atoms in total. The Morgan fingerprint density at radius 3 is 2.05 bits per heavy atom. The van der Waals surface area contributed by atoms with E-state index in [2.05, 4.69) is 5.32 Å². The lowest BCUT2D eigenvalue weighted by Gasteiger charge is -2.43. The summed E-state index contributed by atoms with van der Waals surface area (Å²) < 4.78 is 37.1. The van der Waals surface area contributed by atoms with E-state index in [1.807, 2.05) is 25.1 Å². The van der Waals surface area contributed by atoms with E-state index >= 15 is 0 Å². The van der Waals surface area contributed by atoms with Gasteiger partial charge in [-0.25, -0.2) is 0 Å². The summed E-state index contributed by atoms with van der Waals surface area (Å²) in [4.78, 5) is 71.2. The molecule has 1 heterocycles. The van der Waals surface area contributed by atoms with Crippen LogP contribution in [0.25, 0.3) is 0 Å². The second-order valence-corrected chi connectivity index (χ2v) is 8.81. The number of nitrogens with one attached hydrogen (secondary N) is 1. The molecular weight excluding hydrogens is 534 g/mol.